The average Bonchev–Trinajstić information content (AvgIpc) is 3.01. The van der Waals surface area contributed by atoms with Crippen LogP contribution in [0, 0.1) is 17.8 Å². The summed E-state index contributed by atoms with van der Waals surface area (Å²) in [6.07, 6.45) is 1.81. The first-order chi connectivity index (χ1) is 9.24. The van der Waals surface area contributed by atoms with Crippen molar-refractivity contribution in [3.05, 3.63) is 35.4 Å². The molecule has 2 aliphatic rings. The van der Waals surface area contributed by atoms with Crippen LogP contribution >= 0.6 is 0 Å². The minimum atomic E-state index is 0.141. The lowest BCUT2D eigenvalue weighted by Crippen LogP contribution is -2.36. The van der Waals surface area contributed by atoms with Crippen LogP contribution in [0.25, 0.3) is 0 Å². The smallest absolute Gasteiger partial charge is 0.223 e. The first kappa shape index (κ1) is 12.7. The molecule has 1 aliphatic carbocycles. The van der Waals surface area contributed by atoms with Crippen molar-refractivity contribution in [1.29, 1.82) is 0 Å². The second-order valence-corrected chi connectivity index (χ2v) is 6.01. The maximum absolute atomic E-state index is 12.2. The first-order valence-electron chi connectivity index (χ1n) is 7.29. The molecule has 2 atom stereocenters. The predicted octanol–water partition coefficient (Wildman–Crippen LogP) is 1.37. The molecule has 0 saturated carbocycles. The zero-order valence-electron chi connectivity index (χ0n) is 11.5. The highest BCUT2D eigenvalue weighted by molar-refractivity contribution is 5.80. The number of carbonyl (C=O) groups excluding carboxylic acids is 1. The van der Waals surface area contributed by atoms with Gasteiger partial charge in [-0.2, -0.15) is 0 Å². The van der Waals surface area contributed by atoms with Crippen molar-refractivity contribution in [2.75, 3.05) is 19.6 Å². The second kappa shape index (κ2) is 5.33. The van der Waals surface area contributed by atoms with Crippen LogP contribution in [0.3, 0.4) is 0 Å². The standard InChI is InChI=1S/C16H22N2O/c1-11-8-17-9-15(11)10-18-16(19)14-6-12-4-2-3-5-13(12)7-14/h2-5,11,14-15,17H,6-10H2,1H3,(H,18,19)/t11-,15?/m1/s1. The van der Waals surface area contributed by atoms with Crippen LogP contribution in [-0.4, -0.2) is 25.5 Å². The van der Waals surface area contributed by atoms with Gasteiger partial charge in [0.05, 0.1) is 0 Å². The molecule has 1 aromatic rings. The highest BCUT2D eigenvalue weighted by Gasteiger charge is 2.28. The van der Waals surface area contributed by atoms with Crippen LogP contribution < -0.4 is 10.6 Å². The summed E-state index contributed by atoms with van der Waals surface area (Å²) in [4.78, 5) is 12.2. The number of benzene rings is 1. The molecule has 3 nitrogen and oxygen atoms in total. The number of nitrogens with one attached hydrogen (secondary N) is 2. The fourth-order valence-electron chi connectivity index (χ4n) is 3.26. The summed E-state index contributed by atoms with van der Waals surface area (Å²) in [5.74, 6) is 1.63. The Labute approximate surface area is 114 Å². The van der Waals surface area contributed by atoms with Crippen molar-refractivity contribution < 1.29 is 4.79 Å². The molecule has 0 radical (unpaired) electrons. The molecule has 1 amide bonds. The summed E-state index contributed by atoms with van der Waals surface area (Å²) in [5, 5.41) is 6.53. The average molecular weight is 258 g/mol. The Morgan fingerprint density at radius 3 is 2.53 bits per heavy atom. The van der Waals surface area contributed by atoms with Gasteiger partial charge in [0.1, 0.15) is 0 Å². The molecule has 0 spiro atoms. The Kier molecular flexibility index (Phi) is 3.56. The van der Waals surface area contributed by atoms with E-state index in [1.165, 1.54) is 11.1 Å². The summed E-state index contributed by atoms with van der Waals surface area (Å²) in [5.41, 5.74) is 2.69. The molecule has 1 unspecified atom stereocenters. The molecule has 1 aromatic carbocycles. The van der Waals surface area contributed by atoms with Crippen molar-refractivity contribution >= 4 is 5.91 Å². The van der Waals surface area contributed by atoms with Crippen LogP contribution in [0.4, 0.5) is 0 Å². The third-order valence-corrected chi connectivity index (χ3v) is 4.64. The quantitative estimate of drug-likeness (QED) is 0.860. The molecule has 19 heavy (non-hydrogen) atoms. The molecule has 1 saturated heterocycles. The summed E-state index contributed by atoms with van der Waals surface area (Å²) < 4.78 is 0. The zero-order valence-corrected chi connectivity index (χ0v) is 11.5. The van der Waals surface area contributed by atoms with Gasteiger partial charge in [0.2, 0.25) is 5.91 Å². The van der Waals surface area contributed by atoms with Crippen LogP contribution in [0.15, 0.2) is 24.3 Å². The molecule has 3 rings (SSSR count). The van der Waals surface area contributed by atoms with Gasteiger partial charge in [-0.05, 0) is 48.9 Å². The van der Waals surface area contributed by atoms with Gasteiger partial charge >= 0.3 is 0 Å². The monoisotopic (exact) mass is 258 g/mol. The number of hydrogen-bond donors (Lipinski definition) is 2. The minimum Gasteiger partial charge on any atom is -0.356 e. The van der Waals surface area contributed by atoms with Gasteiger partial charge in [-0.25, -0.2) is 0 Å². The fraction of sp³-hybridized carbons (Fsp3) is 0.562. The van der Waals surface area contributed by atoms with E-state index in [2.05, 4.69) is 41.8 Å². The van der Waals surface area contributed by atoms with E-state index >= 15 is 0 Å². The van der Waals surface area contributed by atoms with Gasteiger partial charge in [-0.3, -0.25) is 4.79 Å². The summed E-state index contributed by atoms with van der Waals surface area (Å²) in [7, 11) is 0. The highest BCUT2D eigenvalue weighted by Crippen LogP contribution is 2.26. The van der Waals surface area contributed by atoms with Crippen molar-refractivity contribution in [3.63, 3.8) is 0 Å². The maximum Gasteiger partial charge on any atom is 0.223 e. The van der Waals surface area contributed by atoms with Crippen molar-refractivity contribution in [1.82, 2.24) is 10.6 Å². The molecule has 0 bridgehead atoms. The van der Waals surface area contributed by atoms with Gasteiger partial charge in [-0.15, -0.1) is 0 Å². The molecule has 3 heteroatoms. The molecule has 1 heterocycles. The van der Waals surface area contributed by atoms with E-state index < -0.39 is 0 Å². The number of fused-ring (bicyclic) bond motifs is 1. The Morgan fingerprint density at radius 2 is 1.95 bits per heavy atom. The number of rotatable bonds is 3. The molecule has 1 fully saturated rings. The first-order valence-corrected chi connectivity index (χ1v) is 7.29. The molecule has 2 N–H and O–H groups in total. The Bertz CT molecular complexity index is 447. The Hall–Kier alpha value is -1.35. The largest absolute Gasteiger partial charge is 0.356 e. The van der Waals surface area contributed by atoms with Crippen LogP contribution in [0.2, 0.25) is 0 Å². The second-order valence-electron chi connectivity index (χ2n) is 6.01. The predicted molar refractivity (Wildman–Crippen MR) is 75.9 cm³/mol. The summed E-state index contributed by atoms with van der Waals surface area (Å²) in [6.45, 7) is 5.18. The van der Waals surface area contributed by atoms with Gasteiger partial charge in [-0.1, -0.05) is 31.2 Å². The topological polar surface area (TPSA) is 41.1 Å². The van der Waals surface area contributed by atoms with E-state index in [1.54, 1.807) is 0 Å². The third kappa shape index (κ3) is 2.66. The number of hydrogen-bond acceptors (Lipinski definition) is 2. The van der Waals surface area contributed by atoms with E-state index in [-0.39, 0.29) is 11.8 Å². The van der Waals surface area contributed by atoms with Crippen LogP contribution in [0.1, 0.15) is 18.1 Å². The van der Waals surface area contributed by atoms with Crippen molar-refractivity contribution in [3.8, 4) is 0 Å². The minimum absolute atomic E-state index is 0.141. The van der Waals surface area contributed by atoms with Gasteiger partial charge in [0, 0.05) is 12.5 Å². The van der Waals surface area contributed by atoms with Gasteiger partial charge in [0.15, 0.2) is 0 Å². The van der Waals surface area contributed by atoms with Gasteiger partial charge < -0.3 is 10.6 Å². The SMILES string of the molecule is C[C@@H]1CNCC1CNC(=O)C1Cc2ccccc2C1. The molecule has 102 valence electrons. The summed E-state index contributed by atoms with van der Waals surface area (Å²) in [6, 6.07) is 8.41. The van der Waals surface area contributed by atoms with Crippen LogP contribution in [-0.2, 0) is 17.6 Å². The number of amides is 1. The van der Waals surface area contributed by atoms with Crippen molar-refractivity contribution in [2.24, 2.45) is 17.8 Å². The van der Waals surface area contributed by atoms with E-state index in [1.807, 2.05) is 0 Å². The molecular weight excluding hydrogens is 236 g/mol. The molecule has 1 aliphatic heterocycles. The van der Waals surface area contributed by atoms with E-state index in [9.17, 15) is 4.79 Å². The summed E-state index contributed by atoms with van der Waals surface area (Å²) >= 11 is 0. The maximum atomic E-state index is 12.2. The lowest BCUT2D eigenvalue weighted by Gasteiger charge is -2.17. The van der Waals surface area contributed by atoms with Gasteiger partial charge in [0.25, 0.3) is 0 Å². The Morgan fingerprint density at radius 1 is 1.26 bits per heavy atom. The van der Waals surface area contributed by atoms with E-state index in [0.29, 0.717) is 11.8 Å². The Balaban J connectivity index is 1.52. The van der Waals surface area contributed by atoms with E-state index in [4.69, 9.17) is 0 Å². The highest BCUT2D eigenvalue weighted by atomic mass is 16.1. The normalized spacial score (nSPS) is 26.4. The van der Waals surface area contributed by atoms with Crippen molar-refractivity contribution in [2.45, 2.75) is 19.8 Å². The molecule has 0 aromatic heterocycles. The fourth-order valence-corrected chi connectivity index (χ4v) is 3.26. The zero-order chi connectivity index (χ0) is 13.2. The number of carbonyl (C=O) groups is 1. The lowest BCUT2D eigenvalue weighted by atomic mass is 9.97. The lowest BCUT2D eigenvalue weighted by molar-refractivity contribution is -0.124. The van der Waals surface area contributed by atoms with E-state index in [0.717, 1.165) is 32.5 Å². The third-order valence-electron chi connectivity index (χ3n) is 4.64. The van der Waals surface area contributed by atoms with Crippen LogP contribution in [0.5, 0.6) is 0 Å². The molecular formula is C16H22N2O.